The van der Waals surface area contributed by atoms with Crippen molar-refractivity contribution in [1.82, 2.24) is 4.98 Å². The minimum absolute atomic E-state index is 0.0575. The molecule has 1 aliphatic rings. The van der Waals surface area contributed by atoms with Crippen molar-refractivity contribution in [1.29, 1.82) is 0 Å². The highest BCUT2D eigenvalue weighted by Gasteiger charge is 2.32. The summed E-state index contributed by atoms with van der Waals surface area (Å²) in [6, 6.07) is 2.93. The highest BCUT2D eigenvalue weighted by atomic mass is 35.5. The quantitative estimate of drug-likeness (QED) is 0.655. The van der Waals surface area contributed by atoms with Gasteiger partial charge < -0.3 is 5.11 Å². The van der Waals surface area contributed by atoms with Gasteiger partial charge in [-0.05, 0) is 12.1 Å². The Morgan fingerprint density at radius 2 is 2.00 bits per heavy atom. The van der Waals surface area contributed by atoms with Crippen molar-refractivity contribution in [2.75, 3.05) is 0 Å². The number of aliphatic hydroxyl groups is 1. The molecule has 0 spiro atoms. The van der Waals surface area contributed by atoms with Crippen LogP contribution in [0.25, 0.3) is 5.76 Å². The fourth-order valence-corrected chi connectivity index (χ4v) is 1.39. The second-order valence-corrected chi connectivity index (χ2v) is 3.10. The van der Waals surface area contributed by atoms with Gasteiger partial charge in [-0.25, -0.2) is 0 Å². The Hall–Kier alpha value is -1.68. The summed E-state index contributed by atoms with van der Waals surface area (Å²) in [5, 5.41) is 8.96. The number of halogens is 1. The van der Waals surface area contributed by atoms with E-state index in [0.717, 1.165) is 0 Å². The lowest BCUT2D eigenvalue weighted by Crippen LogP contribution is -2.22. The molecule has 0 radical (unpaired) electrons. The summed E-state index contributed by atoms with van der Waals surface area (Å²) in [5.41, 5.74) is 0.140. The molecule has 2 rings (SSSR count). The topological polar surface area (TPSA) is 67.3 Å². The molecule has 1 N–H and O–H groups in total. The molecule has 0 unspecified atom stereocenters. The van der Waals surface area contributed by atoms with Gasteiger partial charge in [-0.2, -0.15) is 0 Å². The molecule has 14 heavy (non-hydrogen) atoms. The van der Waals surface area contributed by atoms with E-state index < -0.39 is 22.4 Å². The predicted molar refractivity (Wildman–Crippen MR) is 49.0 cm³/mol. The van der Waals surface area contributed by atoms with Crippen LogP contribution in [0.1, 0.15) is 16.1 Å². The standard InChI is InChI=1S/C9H4ClNO3/c10-5-8(13)6-4(2-1-3-11-6)7(12)9(5)14/h1-3,13H. The van der Waals surface area contributed by atoms with E-state index in [1.54, 1.807) is 0 Å². The summed E-state index contributed by atoms with van der Waals surface area (Å²) in [6.07, 6.45) is 1.41. The van der Waals surface area contributed by atoms with Crippen LogP contribution < -0.4 is 0 Å². The Labute approximate surface area is 83.8 Å². The van der Waals surface area contributed by atoms with Gasteiger partial charge in [-0.1, -0.05) is 11.6 Å². The average molecular weight is 210 g/mol. The third-order valence-electron chi connectivity index (χ3n) is 1.89. The van der Waals surface area contributed by atoms with Crippen molar-refractivity contribution in [2.24, 2.45) is 0 Å². The van der Waals surface area contributed by atoms with Gasteiger partial charge in [0.15, 0.2) is 5.76 Å². The van der Waals surface area contributed by atoms with Crippen molar-refractivity contribution < 1.29 is 14.7 Å². The highest BCUT2D eigenvalue weighted by molar-refractivity contribution is 6.63. The number of carbonyl (C=O) groups excluding carboxylic acids is 2. The average Bonchev–Trinajstić information content (AvgIpc) is 2.23. The first kappa shape index (κ1) is 8.90. The zero-order chi connectivity index (χ0) is 10.3. The van der Waals surface area contributed by atoms with E-state index >= 15 is 0 Å². The minimum atomic E-state index is -0.898. The zero-order valence-corrected chi connectivity index (χ0v) is 7.58. The van der Waals surface area contributed by atoms with Crippen molar-refractivity contribution in [3.05, 3.63) is 34.6 Å². The Bertz CT molecular complexity index is 479. The normalized spacial score (nSPS) is 15.8. The molecule has 0 saturated heterocycles. The molecule has 1 heterocycles. The number of aromatic nitrogens is 1. The van der Waals surface area contributed by atoms with E-state index in [0.29, 0.717) is 0 Å². The lowest BCUT2D eigenvalue weighted by molar-refractivity contribution is -0.111. The maximum atomic E-state index is 11.4. The Morgan fingerprint density at radius 1 is 1.29 bits per heavy atom. The monoisotopic (exact) mass is 209 g/mol. The molecule has 0 atom stereocenters. The van der Waals surface area contributed by atoms with Crippen LogP contribution in [0.5, 0.6) is 0 Å². The van der Waals surface area contributed by atoms with Gasteiger partial charge in [0.05, 0.1) is 5.56 Å². The fraction of sp³-hybridized carbons (Fsp3) is 0. The molecular formula is C9H4ClNO3. The second kappa shape index (κ2) is 2.92. The Kier molecular flexibility index (Phi) is 1.86. The molecule has 0 aliphatic heterocycles. The fourth-order valence-electron chi connectivity index (χ4n) is 1.21. The van der Waals surface area contributed by atoms with Gasteiger partial charge >= 0.3 is 0 Å². The summed E-state index contributed by atoms with van der Waals surface area (Å²) < 4.78 is 0. The maximum absolute atomic E-state index is 11.4. The second-order valence-electron chi connectivity index (χ2n) is 2.72. The van der Waals surface area contributed by atoms with Gasteiger partial charge in [-0.3, -0.25) is 14.6 Å². The maximum Gasteiger partial charge on any atom is 0.248 e. The number of carbonyl (C=O) groups is 2. The molecule has 70 valence electrons. The van der Waals surface area contributed by atoms with E-state index in [-0.39, 0.29) is 11.3 Å². The van der Waals surface area contributed by atoms with Crippen LogP contribution >= 0.6 is 11.6 Å². The first-order valence-corrected chi connectivity index (χ1v) is 4.14. The number of hydrogen-bond donors (Lipinski definition) is 1. The van der Waals surface area contributed by atoms with Crippen molar-refractivity contribution in [2.45, 2.75) is 0 Å². The van der Waals surface area contributed by atoms with Crippen molar-refractivity contribution in [3.8, 4) is 0 Å². The molecule has 0 amide bonds. The van der Waals surface area contributed by atoms with E-state index in [1.807, 2.05) is 0 Å². The summed E-state index contributed by atoms with van der Waals surface area (Å²) in [6.45, 7) is 0. The van der Waals surface area contributed by atoms with Crippen molar-refractivity contribution in [3.63, 3.8) is 0 Å². The van der Waals surface area contributed by atoms with Crippen LogP contribution in [0.3, 0.4) is 0 Å². The van der Waals surface area contributed by atoms with E-state index in [4.69, 9.17) is 11.6 Å². The summed E-state index contributed by atoms with van der Waals surface area (Å²) in [7, 11) is 0. The zero-order valence-electron chi connectivity index (χ0n) is 6.82. The van der Waals surface area contributed by atoms with Gasteiger partial charge in [0.25, 0.3) is 0 Å². The van der Waals surface area contributed by atoms with E-state index in [1.165, 1.54) is 18.3 Å². The molecule has 0 fully saturated rings. The summed E-state index contributed by atoms with van der Waals surface area (Å²) in [5.74, 6) is -2.08. The predicted octanol–water partition coefficient (Wildman–Crippen LogP) is 1.31. The molecule has 0 bridgehead atoms. The molecule has 1 aromatic heterocycles. The summed E-state index contributed by atoms with van der Waals surface area (Å²) in [4.78, 5) is 26.3. The van der Waals surface area contributed by atoms with Crippen LogP contribution in [-0.2, 0) is 4.79 Å². The summed E-state index contributed by atoms with van der Waals surface area (Å²) >= 11 is 5.46. The number of allylic oxidation sites excluding steroid dienone is 1. The van der Waals surface area contributed by atoms with Crippen LogP contribution in [-0.4, -0.2) is 21.7 Å². The lowest BCUT2D eigenvalue weighted by Gasteiger charge is -2.12. The van der Waals surface area contributed by atoms with Gasteiger partial charge in [0, 0.05) is 6.20 Å². The van der Waals surface area contributed by atoms with Crippen molar-refractivity contribution >= 4 is 28.9 Å². The smallest absolute Gasteiger partial charge is 0.248 e. The molecule has 5 heteroatoms. The number of rotatable bonds is 0. The van der Waals surface area contributed by atoms with Crippen LogP contribution in [0.2, 0.25) is 0 Å². The minimum Gasteiger partial charge on any atom is -0.504 e. The third-order valence-corrected chi connectivity index (χ3v) is 2.24. The van der Waals surface area contributed by atoms with Crippen LogP contribution in [0, 0.1) is 0 Å². The first-order chi connectivity index (χ1) is 6.63. The largest absolute Gasteiger partial charge is 0.504 e. The third kappa shape index (κ3) is 1.04. The van der Waals surface area contributed by atoms with Gasteiger partial charge in [0.2, 0.25) is 11.6 Å². The number of ketones is 2. The number of aliphatic hydroxyl groups excluding tert-OH is 1. The van der Waals surface area contributed by atoms with Crippen LogP contribution in [0.4, 0.5) is 0 Å². The van der Waals surface area contributed by atoms with Gasteiger partial charge in [-0.15, -0.1) is 0 Å². The van der Waals surface area contributed by atoms with Gasteiger partial charge in [0.1, 0.15) is 10.7 Å². The number of Topliss-reactive ketones (excluding diaryl/α,β-unsaturated/α-hetero) is 2. The molecule has 0 saturated carbocycles. The number of hydrogen-bond acceptors (Lipinski definition) is 4. The molecule has 1 aliphatic carbocycles. The molecule has 1 aromatic rings. The van der Waals surface area contributed by atoms with E-state index in [9.17, 15) is 14.7 Å². The SMILES string of the molecule is O=C1C(=O)c2cccnc2C(O)=C1Cl. The molecule has 4 nitrogen and oxygen atoms in total. The Balaban J connectivity index is 2.78. The highest BCUT2D eigenvalue weighted by Crippen LogP contribution is 2.27. The number of fused-ring (bicyclic) bond motifs is 1. The lowest BCUT2D eigenvalue weighted by atomic mass is 9.98. The number of pyridine rings is 1. The van der Waals surface area contributed by atoms with Crippen LogP contribution in [0.15, 0.2) is 23.4 Å². The number of nitrogens with zero attached hydrogens (tertiary/aromatic N) is 1. The van der Waals surface area contributed by atoms with E-state index in [2.05, 4.69) is 4.98 Å². The first-order valence-electron chi connectivity index (χ1n) is 3.76. The molecular weight excluding hydrogens is 206 g/mol. The molecule has 0 aromatic carbocycles. The Morgan fingerprint density at radius 3 is 2.71 bits per heavy atom.